The lowest BCUT2D eigenvalue weighted by molar-refractivity contribution is 0.101. The monoisotopic (exact) mass is 474 g/mol. The van der Waals surface area contributed by atoms with Crippen molar-refractivity contribution in [1.29, 1.82) is 0 Å². The standard InChI is InChI=1S/C28H40F2N2O2/c1-27(2,3)21-8-7-9-22(17-21)28(10-5-4-6-11-28)32-19-26(34)25(31-12-13-33)16-20-14-23(29)18-24(30)15-20/h7-9,14-15,17-18,25-26,31-34H,4-6,10-13,16,19H2,1-3H3. The fourth-order valence-electron chi connectivity index (χ4n) is 5.03. The highest BCUT2D eigenvalue weighted by Gasteiger charge is 2.35. The molecule has 0 bridgehead atoms. The molecule has 3 rings (SSSR count). The van der Waals surface area contributed by atoms with Gasteiger partial charge in [-0.1, -0.05) is 64.3 Å². The van der Waals surface area contributed by atoms with Crippen molar-refractivity contribution < 1.29 is 19.0 Å². The van der Waals surface area contributed by atoms with Crippen LogP contribution in [0.4, 0.5) is 8.78 Å². The number of hydrogen-bond donors (Lipinski definition) is 4. The lowest BCUT2D eigenvalue weighted by atomic mass is 9.74. The second kappa shape index (κ2) is 11.7. The second-order valence-electron chi connectivity index (χ2n) is 10.7. The average molecular weight is 475 g/mol. The summed E-state index contributed by atoms with van der Waals surface area (Å²) >= 11 is 0. The van der Waals surface area contributed by atoms with Gasteiger partial charge >= 0.3 is 0 Å². The summed E-state index contributed by atoms with van der Waals surface area (Å²) in [5, 5.41) is 27.2. The minimum absolute atomic E-state index is 0.0465. The third kappa shape index (κ3) is 7.08. The van der Waals surface area contributed by atoms with Gasteiger partial charge in [-0.25, -0.2) is 8.78 Å². The van der Waals surface area contributed by atoms with E-state index in [2.05, 4.69) is 55.7 Å². The molecule has 0 amide bonds. The molecule has 0 aliphatic heterocycles. The molecule has 2 unspecified atom stereocenters. The van der Waals surface area contributed by atoms with Crippen LogP contribution in [0.15, 0.2) is 42.5 Å². The lowest BCUT2D eigenvalue weighted by Crippen LogP contribution is -2.52. The van der Waals surface area contributed by atoms with Crippen molar-refractivity contribution in [2.24, 2.45) is 0 Å². The first-order chi connectivity index (χ1) is 16.1. The van der Waals surface area contributed by atoms with E-state index in [-0.39, 0.29) is 30.5 Å². The van der Waals surface area contributed by atoms with Crippen molar-refractivity contribution in [3.05, 3.63) is 70.8 Å². The maximum absolute atomic E-state index is 13.7. The van der Waals surface area contributed by atoms with Gasteiger partial charge in [0.2, 0.25) is 0 Å². The lowest BCUT2D eigenvalue weighted by Gasteiger charge is -2.41. The molecular formula is C28H40F2N2O2. The number of aliphatic hydroxyl groups excluding tert-OH is 2. The molecule has 4 N–H and O–H groups in total. The SMILES string of the molecule is CC(C)(C)c1cccc(C2(NCC(O)C(Cc3cc(F)cc(F)c3)NCCO)CCCCC2)c1. The predicted octanol–water partition coefficient (Wildman–Crippen LogP) is 4.57. The van der Waals surface area contributed by atoms with Crippen molar-refractivity contribution in [2.75, 3.05) is 19.7 Å². The normalized spacial score (nSPS) is 18.0. The number of halogens is 2. The molecule has 1 saturated carbocycles. The third-order valence-electron chi connectivity index (χ3n) is 7.00. The molecule has 0 saturated heterocycles. The Morgan fingerprint density at radius 1 is 1.00 bits per heavy atom. The van der Waals surface area contributed by atoms with Crippen LogP contribution in [-0.2, 0) is 17.4 Å². The summed E-state index contributed by atoms with van der Waals surface area (Å²) in [5.74, 6) is -1.27. The molecule has 1 fully saturated rings. The maximum atomic E-state index is 13.7. The van der Waals surface area contributed by atoms with Gasteiger partial charge in [0.25, 0.3) is 0 Å². The van der Waals surface area contributed by atoms with E-state index in [0.29, 0.717) is 12.1 Å². The van der Waals surface area contributed by atoms with Crippen LogP contribution in [0.2, 0.25) is 0 Å². The Morgan fingerprint density at radius 3 is 2.29 bits per heavy atom. The van der Waals surface area contributed by atoms with E-state index in [1.165, 1.54) is 29.7 Å². The van der Waals surface area contributed by atoms with Gasteiger partial charge in [-0.15, -0.1) is 0 Å². The van der Waals surface area contributed by atoms with Gasteiger partial charge in [-0.2, -0.15) is 0 Å². The fourth-order valence-corrected chi connectivity index (χ4v) is 5.03. The predicted molar refractivity (Wildman–Crippen MR) is 133 cm³/mol. The highest BCUT2D eigenvalue weighted by Crippen LogP contribution is 2.38. The van der Waals surface area contributed by atoms with Gasteiger partial charge in [-0.05, 0) is 53.5 Å². The largest absolute Gasteiger partial charge is 0.395 e. The number of hydrogen-bond acceptors (Lipinski definition) is 4. The summed E-state index contributed by atoms with van der Waals surface area (Å²) in [6, 6.07) is 11.7. The molecule has 0 radical (unpaired) electrons. The second-order valence-corrected chi connectivity index (χ2v) is 10.7. The number of nitrogens with one attached hydrogen (secondary N) is 2. The molecular weight excluding hydrogens is 434 g/mol. The summed E-state index contributed by atoms with van der Waals surface area (Å²) in [6.07, 6.45) is 4.90. The third-order valence-corrected chi connectivity index (χ3v) is 7.00. The summed E-state index contributed by atoms with van der Waals surface area (Å²) < 4.78 is 27.4. The molecule has 0 spiro atoms. The molecule has 34 heavy (non-hydrogen) atoms. The topological polar surface area (TPSA) is 64.5 Å². The first-order valence-corrected chi connectivity index (χ1v) is 12.5. The summed E-state index contributed by atoms with van der Waals surface area (Å²) in [7, 11) is 0. The Kier molecular flexibility index (Phi) is 9.21. The first-order valence-electron chi connectivity index (χ1n) is 12.5. The molecule has 4 nitrogen and oxygen atoms in total. The zero-order valence-corrected chi connectivity index (χ0v) is 20.7. The van der Waals surface area contributed by atoms with Gasteiger partial charge in [-0.3, -0.25) is 0 Å². The number of aliphatic hydroxyl groups is 2. The van der Waals surface area contributed by atoms with Crippen LogP contribution in [0.25, 0.3) is 0 Å². The van der Waals surface area contributed by atoms with Crippen molar-refractivity contribution in [3.63, 3.8) is 0 Å². The Hall–Kier alpha value is -1.86. The number of rotatable bonds is 10. The molecule has 2 atom stereocenters. The van der Waals surface area contributed by atoms with E-state index in [0.717, 1.165) is 31.7 Å². The van der Waals surface area contributed by atoms with E-state index in [4.69, 9.17) is 0 Å². The van der Waals surface area contributed by atoms with Crippen LogP contribution in [-0.4, -0.2) is 42.1 Å². The molecule has 1 aliphatic carbocycles. The summed E-state index contributed by atoms with van der Waals surface area (Å²) in [5.41, 5.74) is 2.84. The van der Waals surface area contributed by atoms with E-state index < -0.39 is 23.8 Å². The highest BCUT2D eigenvalue weighted by molar-refractivity contribution is 5.34. The Labute approximate surface area is 202 Å². The average Bonchev–Trinajstić information content (AvgIpc) is 2.79. The summed E-state index contributed by atoms with van der Waals surface area (Å²) in [4.78, 5) is 0. The van der Waals surface area contributed by atoms with Crippen molar-refractivity contribution in [2.45, 2.75) is 82.4 Å². The van der Waals surface area contributed by atoms with Crippen LogP contribution in [0.5, 0.6) is 0 Å². The number of benzene rings is 2. The van der Waals surface area contributed by atoms with E-state index in [9.17, 15) is 19.0 Å². The molecule has 0 aromatic heterocycles. The van der Waals surface area contributed by atoms with Crippen LogP contribution in [0, 0.1) is 11.6 Å². The van der Waals surface area contributed by atoms with Crippen LogP contribution in [0.1, 0.15) is 69.6 Å². The Balaban J connectivity index is 1.78. The van der Waals surface area contributed by atoms with Crippen LogP contribution in [0.3, 0.4) is 0 Å². The van der Waals surface area contributed by atoms with E-state index >= 15 is 0 Å². The van der Waals surface area contributed by atoms with Crippen molar-refractivity contribution in [3.8, 4) is 0 Å². The fraction of sp³-hybridized carbons (Fsp3) is 0.571. The zero-order chi connectivity index (χ0) is 24.8. The van der Waals surface area contributed by atoms with Gasteiger partial charge in [0.1, 0.15) is 11.6 Å². The highest BCUT2D eigenvalue weighted by atomic mass is 19.1. The Bertz CT molecular complexity index is 903. The zero-order valence-electron chi connectivity index (χ0n) is 20.7. The molecule has 0 heterocycles. The van der Waals surface area contributed by atoms with Crippen molar-refractivity contribution in [1.82, 2.24) is 10.6 Å². The van der Waals surface area contributed by atoms with Gasteiger partial charge in [0.15, 0.2) is 0 Å². The van der Waals surface area contributed by atoms with Crippen molar-refractivity contribution >= 4 is 0 Å². The van der Waals surface area contributed by atoms with Crippen LogP contribution < -0.4 is 10.6 Å². The van der Waals surface area contributed by atoms with E-state index in [1.54, 1.807) is 0 Å². The minimum Gasteiger partial charge on any atom is -0.395 e. The minimum atomic E-state index is -0.803. The molecule has 2 aromatic rings. The molecule has 2 aromatic carbocycles. The summed E-state index contributed by atoms with van der Waals surface area (Å²) in [6.45, 7) is 7.17. The molecule has 1 aliphatic rings. The molecule has 188 valence electrons. The quantitative estimate of drug-likeness (QED) is 0.408. The first kappa shape index (κ1) is 26.7. The van der Waals surface area contributed by atoms with Crippen LogP contribution >= 0.6 is 0 Å². The van der Waals surface area contributed by atoms with E-state index in [1.807, 2.05) is 0 Å². The molecule has 6 heteroatoms. The van der Waals surface area contributed by atoms with Gasteiger partial charge < -0.3 is 20.8 Å². The van der Waals surface area contributed by atoms with Gasteiger partial charge in [0.05, 0.1) is 12.7 Å². The maximum Gasteiger partial charge on any atom is 0.126 e. The van der Waals surface area contributed by atoms with Gasteiger partial charge in [0, 0.05) is 30.7 Å². The smallest absolute Gasteiger partial charge is 0.126 e. The Morgan fingerprint density at radius 2 is 1.68 bits per heavy atom.